The summed E-state index contributed by atoms with van der Waals surface area (Å²) in [6.07, 6.45) is 0. The SMILES string of the molecule is Nc1scnc1O. The molecule has 0 amide bonds. The number of thiazole rings is 1. The van der Waals surface area contributed by atoms with Gasteiger partial charge in [-0.25, -0.2) is 4.98 Å². The normalized spacial score (nSPS) is 9.14. The van der Waals surface area contributed by atoms with Gasteiger partial charge in [-0.05, 0) is 0 Å². The van der Waals surface area contributed by atoms with Crippen LogP contribution in [0.1, 0.15) is 0 Å². The summed E-state index contributed by atoms with van der Waals surface area (Å²) in [5.41, 5.74) is 6.64. The Morgan fingerprint density at radius 2 is 2.57 bits per heavy atom. The number of hydrogen-bond acceptors (Lipinski definition) is 4. The van der Waals surface area contributed by atoms with E-state index in [4.69, 9.17) is 10.8 Å². The number of anilines is 1. The Bertz CT molecular complexity index is 145. The number of nitrogen functional groups attached to an aromatic ring is 1. The van der Waals surface area contributed by atoms with E-state index in [1.807, 2.05) is 0 Å². The first-order chi connectivity index (χ1) is 3.30. The van der Waals surface area contributed by atoms with Gasteiger partial charge in [0.25, 0.3) is 0 Å². The second kappa shape index (κ2) is 1.38. The Kier molecular flexibility index (Phi) is 0.867. The highest BCUT2D eigenvalue weighted by Crippen LogP contribution is 2.20. The number of rotatable bonds is 0. The summed E-state index contributed by atoms with van der Waals surface area (Å²) in [5, 5.41) is 8.91. The van der Waals surface area contributed by atoms with Crippen molar-refractivity contribution < 1.29 is 5.11 Å². The Balaban J connectivity index is 3.12. The molecule has 1 aromatic rings. The third-order valence-corrected chi connectivity index (χ3v) is 1.22. The molecule has 0 aliphatic rings. The van der Waals surface area contributed by atoms with E-state index in [0.29, 0.717) is 5.00 Å². The van der Waals surface area contributed by atoms with Crippen LogP contribution in [-0.2, 0) is 0 Å². The quantitative estimate of drug-likeness (QED) is 0.516. The maximum Gasteiger partial charge on any atom is 0.246 e. The first kappa shape index (κ1) is 4.39. The number of aromatic hydroxyl groups is 1. The van der Waals surface area contributed by atoms with Crippen molar-refractivity contribution in [2.75, 3.05) is 5.73 Å². The van der Waals surface area contributed by atoms with Crippen molar-refractivity contribution >= 4 is 16.3 Å². The molecule has 0 saturated carbocycles. The minimum absolute atomic E-state index is 0.0648. The summed E-state index contributed by atoms with van der Waals surface area (Å²) in [5.74, 6) is -0.0648. The molecule has 1 aromatic heterocycles. The fraction of sp³-hybridized carbons (Fsp3) is 0. The van der Waals surface area contributed by atoms with E-state index in [1.165, 1.54) is 16.8 Å². The Morgan fingerprint density at radius 3 is 2.71 bits per heavy atom. The van der Waals surface area contributed by atoms with E-state index in [0.717, 1.165) is 0 Å². The molecule has 0 atom stereocenters. The van der Waals surface area contributed by atoms with Gasteiger partial charge in [0.05, 0.1) is 5.51 Å². The molecule has 38 valence electrons. The summed E-state index contributed by atoms with van der Waals surface area (Å²) in [4.78, 5) is 3.47. The van der Waals surface area contributed by atoms with Gasteiger partial charge in [-0.15, -0.1) is 11.3 Å². The fourth-order valence-electron chi connectivity index (χ4n) is 0.249. The van der Waals surface area contributed by atoms with Crippen LogP contribution >= 0.6 is 11.3 Å². The number of hydrogen-bond donors (Lipinski definition) is 2. The average molecular weight is 116 g/mol. The molecule has 0 bridgehead atoms. The zero-order valence-electron chi connectivity index (χ0n) is 3.46. The monoisotopic (exact) mass is 116 g/mol. The van der Waals surface area contributed by atoms with Crippen LogP contribution < -0.4 is 5.73 Å². The van der Waals surface area contributed by atoms with Crippen LogP contribution in [0.4, 0.5) is 5.00 Å². The van der Waals surface area contributed by atoms with E-state index in [-0.39, 0.29) is 5.88 Å². The van der Waals surface area contributed by atoms with Crippen LogP contribution in [0.15, 0.2) is 5.51 Å². The highest BCUT2D eigenvalue weighted by Gasteiger charge is 1.93. The molecule has 0 aliphatic carbocycles. The van der Waals surface area contributed by atoms with E-state index in [2.05, 4.69) is 4.98 Å². The van der Waals surface area contributed by atoms with Gasteiger partial charge in [0, 0.05) is 0 Å². The van der Waals surface area contributed by atoms with Crippen LogP contribution in [0.2, 0.25) is 0 Å². The molecule has 4 heteroatoms. The van der Waals surface area contributed by atoms with Gasteiger partial charge in [-0.1, -0.05) is 0 Å². The van der Waals surface area contributed by atoms with E-state index in [9.17, 15) is 0 Å². The van der Waals surface area contributed by atoms with E-state index < -0.39 is 0 Å². The molecule has 3 N–H and O–H groups in total. The Morgan fingerprint density at radius 1 is 1.86 bits per heavy atom. The number of nitrogens with zero attached hydrogens (tertiary/aromatic N) is 1. The first-order valence-electron chi connectivity index (χ1n) is 1.68. The lowest BCUT2D eigenvalue weighted by molar-refractivity contribution is 0.460. The minimum atomic E-state index is -0.0648. The molecule has 0 radical (unpaired) electrons. The molecular formula is C3H4N2OS. The zero-order valence-corrected chi connectivity index (χ0v) is 4.27. The van der Waals surface area contributed by atoms with Crippen molar-refractivity contribution in [3.8, 4) is 5.88 Å². The standard InChI is InChI=1S/C3H4N2OS/c4-2-3(6)5-1-7-2/h1,6H,4H2. The summed E-state index contributed by atoms with van der Waals surface area (Å²) in [6, 6.07) is 0. The van der Waals surface area contributed by atoms with E-state index >= 15 is 0 Å². The highest BCUT2D eigenvalue weighted by molar-refractivity contribution is 7.14. The third kappa shape index (κ3) is 0.640. The molecule has 0 unspecified atom stereocenters. The predicted molar refractivity (Wildman–Crippen MR) is 28.2 cm³/mol. The zero-order chi connectivity index (χ0) is 5.28. The molecular weight excluding hydrogens is 112 g/mol. The number of nitrogens with two attached hydrogens (primary N) is 1. The van der Waals surface area contributed by atoms with Gasteiger partial charge in [0.15, 0.2) is 5.00 Å². The number of aromatic nitrogens is 1. The lowest BCUT2D eigenvalue weighted by atomic mass is 10.8. The van der Waals surface area contributed by atoms with E-state index in [1.54, 1.807) is 0 Å². The maximum atomic E-state index is 8.53. The smallest absolute Gasteiger partial charge is 0.246 e. The van der Waals surface area contributed by atoms with Crippen LogP contribution in [0.5, 0.6) is 5.88 Å². The minimum Gasteiger partial charge on any atom is -0.491 e. The molecule has 0 saturated heterocycles. The van der Waals surface area contributed by atoms with Gasteiger partial charge in [0.2, 0.25) is 5.88 Å². The Hall–Kier alpha value is -0.770. The molecule has 0 aliphatic heterocycles. The van der Waals surface area contributed by atoms with Crippen molar-refractivity contribution in [1.29, 1.82) is 0 Å². The van der Waals surface area contributed by atoms with Crippen molar-refractivity contribution in [2.45, 2.75) is 0 Å². The lowest BCUT2D eigenvalue weighted by Gasteiger charge is -1.78. The van der Waals surface area contributed by atoms with Crippen molar-refractivity contribution in [3.05, 3.63) is 5.51 Å². The molecule has 1 heterocycles. The molecule has 7 heavy (non-hydrogen) atoms. The average Bonchev–Trinajstić information content (AvgIpc) is 1.91. The van der Waals surface area contributed by atoms with Crippen molar-refractivity contribution in [3.63, 3.8) is 0 Å². The fourth-order valence-corrected chi connectivity index (χ4v) is 0.674. The molecule has 3 nitrogen and oxygen atoms in total. The van der Waals surface area contributed by atoms with Gasteiger partial charge in [0.1, 0.15) is 0 Å². The maximum absolute atomic E-state index is 8.53. The van der Waals surface area contributed by atoms with Crippen molar-refractivity contribution in [1.82, 2.24) is 4.98 Å². The van der Waals surface area contributed by atoms with Crippen molar-refractivity contribution in [2.24, 2.45) is 0 Å². The van der Waals surface area contributed by atoms with Crippen LogP contribution in [0.3, 0.4) is 0 Å². The van der Waals surface area contributed by atoms with Gasteiger partial charge in [-0.2, -0.15) is 0 Å². The summed E-state index contributed by atoms with van der Waals surface area (Å²) < 4.78 is 0. The lowest BCUT2D eigenvalue weighted by Crippen LogP contribution is -1.76. The summed E-state index contributed by atoms with van der Waals surface area (Å²) >= 11 is 1.22. The highest BCUT2D eigenvalue weighted by atomic mass is 32.1. The van der Waals surface area contributed by atoms with Crippen LogP contribution in [0.25, 0.3) is 0 Å². The summed E-state index contributed by atoms with van der Waals surface area (Å²) in [6.45, 7) is 0. The predicted octanol–water partition coefficient (Wildman–Crippen LogP) is 0.431. The molecule has 0 spiro atoms. The largest absolute Gasteiger partial charge is 0.491 e. The molecule has 1 rings (SSSR count). The van der Waals surface area contributed by atoms with Crippen LogP contribution in [0, 0.1) is 0 Å². The van der Waals surface area contributed by atoms with Gasteiger partial charge >= 0.3 is 0 Å². The second-order valence-electron chi connectivity index (χ2n) is 1.04. The third-order valence-electron chi connectivity index (χ3n) is 0.575. The van der Waals surface area contributed by atoms with Gasteiger partial charge in [-0.3, -0.25) is 0 Å². The molecule has 0 aromatic carbocycles. The van der Waals surface area contributed by atoms with Crippen LogP contribution in [-0.4, -0.2) is 10.1 Å². The first-order valence-corrected chi connectivity index (χ1v) is 2.56. The second-order valence-corrected chi connectivity index (χ2v) is 1.93. The molecule has 0 fully saturated rings. The Labute approximate surface area is 44.4 Å². The topological polar surface area (TPSA) is 59.1 Å². The summed E-state index contributed by atoms with van der Waals surface area (Å²) in [7, 11) is 0. The van der Waals surface area contributed by atoms with Gasteiger partial charge < -0.3 is 10.8 Å².